The summed E-state index contributed by atoms with van der Waals surface area (Å²) in [6, 6.07) is 0. The van der Waals surface area contributed by atoms with Gasteiger partial charge < -0.3 is 10.2 Å². The molecule has 0 bridgehead atoms. The van der Waals surface area contributed by atoms with E-state index in [-0.39, 0.29) is 0 Å². The number of rotatable bonds is 0. The Morgan fingerprint density at radius 3 is 2.27 bits per heavy atom. The van der Waals surface area contributed by atoms with Gasteiger partial charge >= 0.3 is 0 Å². The predicted molar refractivity (Wildman–Crippen MR) is 50.0 cm³/mol. The van der Waals surface area contributed by atoms with Crippen LogP contribution in [0.4, 0.5) is 0 Å². The van der Waals surface area contributed by atoms with Crippen LogP contribution in [0.25, 0.3) is 0 Å². The maximum atomic E-state index is 4.26. The fourth-order valence-corrected chi connectivity index (χ4v) is 0.820. The van der Waals surface area contributed by atoms with E-state index in [9.17, 15) is 0 Å². The van der Waals surface area contributed by atoms with E-state index in [1.54, 1.807) is 0 Å². The maximum Gasteiger partial charge on any atom is 0.193 e. The molecule has 0 aromatic rings. The van der Waals surface area contributed by atoms with Crippen LogP contribution in [0, 0.1) is 0 Å². The van der Waals surface area contributed by atoms with E-state index >= 15 is 0 Å². The molecular formula is C8H19N3. The minimum atomic E-state index is 0.973. The van der Waals surface area contributed by atoms with Crippen LogP contribution in [-0.2, 0) is 0 Å². The Morgan fingerprint density at radius 1 is 1.36 bits per heavy atom. The van der Waals surface area contributed by atoms with Crippen LogP contribution >= 0.6 is 0 Å². The molecule has 3 nitrogen and oxygen atoms in total. The molecule has 0 atom stereocenters. The SMILES string of the molecule is CC.CN(C)C1=NCCCN1. The minimum absolute atomic E-state index is 0.973. The number of nitrogens with one attached hydrogen (secondary N) is 1. The Bertz CT molecular complexity index is 119. The van der Waals surface area contributed by atoms with E-state index in [2.05, 4.69) is 10.3 Å². The van der Waals surface area contributed by atoms with Crippen molar-refractivity contribution in [1.82, 2.24) is 10.2 Å². The topological polar surface area (TPSA) is 27.6 Å². The molecule has 0 radical (unpaired) electrons. The van der Waals surface area contributed by atoms with Crippen LogP contribution < -0.4 is 5.32 Å². The Morgan fingerprint density at radius 2 is 2.00 bits per heavy atom. The highest BCUT2D eigenvalue weighted by atomic mass is 15.3. The standard InChI is InChI=1S/C6H13N3.C2H6/c1-9(2)6-7-4-3-5-8-6;1-2/h3-5H2,1-2H3,(H,7,8);1-2H3. The van der Waals surface area contributed by atoms with Gasteiger partial charge in [0.25, 0.3) is 0 Å². The molecule has 0 aromatic carbocycles. The third-order valence-corrected chi connectivity index (χ3v) is 1.30. The van der Waals surface area contributed by atoms with Crippen molar-refractivity contribution in [2.75, 3.05) is 27.2 Å². The highest BCUT2D eigenvalue weighted by molar-refractivity contribution is 5.79. The van der Waals surface area contributed by atoms with Crippen molar-refractivity contribution >= 4 is 5.96 Å². The highest BCUT2D eigenvalue weighted by Crippen LogP contribution is 1.90. The van der Waals surface area contributed by atoms with Crippen LogP contribution in [0.2, 0.25) is 0 Å². The summed E-state index contributed by atoms with van der Waals surface area (Å²) in [5.74, 6) is 1.02. The fraction of sp³-hybridized carbons (Fsp3) is 0.875. The normalized spacial score (nSPS) is 15.5. The van der Waals surface area contributed by atoms with Crippen molar-refractivity contribution in [2.45, 2.75) is 20.3 Å². The molecule has 66 valence electrons. The van der Waals surface area contributed by atoms with Gasteiger partial charge in [-0.25, -0.2) is 0 Å². The first-order valence-electron chi connectivity index (χ1n) is 4.26. The lowest BCUT2D eigenvalue weighted by molar-refractivity contribution is 0.558. The molecule has 1 aliphatic rings. The molecule has 0 saturated carbocycles. The van der Waals surface area contributed by atoms with Gasteiger partial charge in [-0.3, -0.25) is 4.99 Å². The lowest BCUT2D eigenvalue weighted by atomic mass is 10.4. The summed E-state index contributed by atoms with van der Waals surface area (Å²) in [5.41, 5.74) is 0. The zero-order valence-electron chi connectivity index (χ0n) is 8.02. The zero-order valence-corrected chi connectivity index (χ0v) is 8.02. The molecule has 0 aromatic heterocycles. The fourth-order valence-electron chi connectivity index (χ4n) is 0.820. The van der Waals surface area contributed by atoms with Crippen molar-refractivity contribution in [3.8, 4) is 0 Å². The second-order valence-electron chi connectivity index (χ2n) is 2.38. The second-order valence-corrected chi connectivity index (χ2v) is 2.38. The van der Waals surface area contributed by atoms with Gasteiger partial charge in [-0.2, -0.15) is 0 Å². The van der Waals surface area contributed by atoms with E-state index < -0.39 is 0 Å². The van der Waals surface area contributed by atoms with Crippen LogP contribution in [-0.4, -0.2) is 38.0 Å². The predicted octanol–water partition coefficient (Wildman–Crippen LogP) is 0.923. The molecule has 1 rings (SSSR count). The summed E-state index contributed by atoms with van der Waals surface area (Å²) < 4.78 is 0. The van der Waals surface area contributed by atoms with Crippen LogP contribution in [0.15, 0.2) is 4.99 Å². The first-order valence-corrected chi connectivity index (χ1v) is 4.26. The van der Waals surface area contributed by atoms with Crippen molar-refractivity contribution < 1.29 is 0 Å². The van der Waals surface area contributed by atoms with E-state index in [0.29, 0.717) is 0 Å². The zero-order chi connectivity index (χ0) is 8.69. The van der Waals surface area contributed by atoms with Gasteiger partial charge in [0.1, 0.15) is 0 Å². The van der Waals surface area contributed by atoms with Gasteiger partial charge in [0, 0.05) is 27.2 Å². The van der Waals surface area contributed by atoms with Crippen LogP contribution in [0.1, 0.15) is 20.3 Å². The average Bonchev–Trinajstić information content (AvgIpc) is 2.10. The van der Waals surface area contributed by atoms with Crippen LogP contribution in [0.3, 0.4) is 0 Å². The molecule has 11 heavy (non-hydrogen) atoms. The number of hydrogen-bond acceptors (Lipinski definition) is 3. The second kappa shape index (κ2) is 6.01. The smallest absolute Gasteiger partial charge is 0.193 e. The van der Waals surface area contributed by atoms with Gasteiger partial charge in [-0.05, 0) is 6.42 Å². The molecule has 1 aliphatic heterocycles. The van der Waals surface area contributed by atoms with Gasteiger partial charge in [-0.15, -0.1) is 0 Å². The van der Waals surface area contributed by atoms with Crippen molar-refractivity contribution in [2.24, 2.45) is 4.99 Å². The summed E-state index contributed by atoms with van der Waals surface area (Å²) in [7, 11) is 3.99. The number of guanidine groups is 1. The summed E-state index contributed by atoms with van der Waals surface area (Å²) in [4.78, 5) is 6.26. The van der Waals surface area contributed by atoms with Crippen molar-refractivity contribution in [1.29, 1.82) is 0 Å². The van der Waals surface area contributed by atoms with Crippen molar-refractivity contribution in [3.05, 3.63) is 0 Å². The third kappa shape index (κ3) is 3.86. The lowest BCUT2D eigenvalue weighted by Gasteiger charge is -2.20. The molecule has 1 N–H and O–H groups in total. The lowest BCUT2D eigenvalue weighted by Crippen LogP contribution is -2.39. The quantitative estimate of drug-likeness (QED) is 0.566. The highest BCUT2D eigenvalue weighted by Gasteiger charge is 2.03. The minimum Gasteiger partial charge on any atom is -0.356 e. The molecule has 0 saturated heterocycles. The Kier molecular flexibility index (Phi) is 5.61. The van der Waals surface area contributed by atoms with Gasteiger partial charge in [-0.1, -0.05) is 13.8 Å². The molecule has 0 spiro atoms. The van der Waals surface area contributed by atoms with Crippen LogP contribution in [0.5, 0.6) is 0 Å². The van der Waals surface area contributed by atoms with E-state index in [4.69, 9.17) is 0 Å². The monoisotopic (exact) mass is 157 g/mol. The molecule has 1 heterocycles. The van der Waals surface area contributed by atoms with E-state index in [1.807, 2.05) is 32.8 Å². The summed E-state index contributed by atoms with van der Waals surface area (Å²) in [6.45, 7) is 6.04. The van der Waals surface area contributed by atoms with E-state index in [0.717, 1.165) is 25.5 Å². The Balaban J connectivity index is 0.000000461. The largest absolute Gasteiger partial charge is 0.356 e. The molecule has 0 amide bonds. The summed E-state index contributed by atoms with van der Waals surface area (Å²) in [6.07, 6.45) is 1.16. The third-order valence-electron chi connectivity index (χ3n) is 1.30. The maximum absolute atomic E-state index is 4.26. The number of aliphatic imine (C=N–C) groups is 1. The summed E-state index contributed by atoms with van der Waals surface area (Å²) in [5, 5.41) is 3.19. The Labute approximate surface area is 69.5 Å². The average molecular weight is 157 g/mol. The summed E-state index contributed by atoms with van der Waals surface area (Å²) >= 11 is 0. The molecule has 0 fully saturated rings. The molecule has 3 heteroatoms. The molecule has 0 unspecified atom stereocenters. The van der Waals surface area contributed by atoms with Gasteiger partial charge in [0.15, 0.2) is 5.96 Å². The molecule has 0 aliphatic carbocycles. The van der Waals surface area contributed by atoms with E-state index in [1.165, 1.54) is 0 Å². The Hall–Kier alpha value is -0.730. The number of hydrogen-bond donors (Lipinski definition) is 1. The first kappa shape index (κ1) is 10.3. The van der Waals surface area contributed by atoms with Gasteiger partial charge in [0.2, 0.25) is 0 Å². The van der Waals surface area contributed by atoms with Crippen molar-refractivity contribution in [3.63, 3.8) is 0 Å². The number of nitrogens with zero attached hydrogens (tertiary/aromatic N) is 2. The molecular weight excluding hydrogens is 138 g/mol. The first-order chi connectivity index (χ1) is 5.30. The van der Waals surface area contributed by atoms with Gasteiger partial charge in [0.05, 0.1) is 0 Å².